The Kier molecular flexibility index (Phi) is 3.23. The average Bonchev–Trinajstić information content (AvgIpc) is 3.35. The van der Waals surface area contributed by atoms with Gasteiger partial charge in [-0.3, -0.25) is 4.57 Å². The van der Waals surface area contributed by atoms with Gasteiger partial charge in [-0.25, -0.2) is 0 Å². The van der Waals surface area contributed by atoms with Gasteiger partial charge in [-0.05, 0) is 49.8 Å². The van der Waals surface area contributed by atoms with Gasteiger partial charge >= 0.3 is 0 Å². The third-order valence-electron chi connectivity index (χ3n) is 3.81. The van der Waals surface area contributed by atoms with Gasteiger partial charge in [0.05, 0.1) is 5.69 Å². The Morgan fingerprint density at radius 3 is 2.75 bits per heavy atom. The fourth-order valence-corrected chi connectivity index (χ4v) is 3.64. The van der Waals surface area contributed by atoms with Crippen molar-refractivity contribution in [1.82, 2.24) is 14.8 Å². The Morgan fingerprint density at radius 2 is 2.05 bits per heavy atom. The van der Waals surface area contributed by atoms with E-state index in [2.05, 4.69) is 20.8 Å². The molecule has 0 aliphatic heterocycles. The van der Waals surface area contributed by atoms with E-state index in [-0.39, 0.29) is 0 Å². The SMILES string of the molecule is Clc1cccc(-n2c(SCC3CC3)nnc2C2CC2)c1. The fourth-order valence-electron chi connectivity index (χ4n) is 2.32. The smallest absolute Gasteiger partial charge is 0.195 e. The molecule has 2 aliphatic carbocycles. The second-order valence-electron chi connectivity index (χ2n) is 5.68. The molecule has 0 atom stereocenters. The maximum absolute atomic E-state index is 6.14. The van der Waals surface area contributed by atoms with E-state index in [4.69, 9.17) is 11.6 Å². The molecule has 5 heteroatoms. The van der Waals surface area contributed by atoms with Crippen LogP contribution in [0.1, 0.15) is 37.4 Å². The van der Waals surface area contributed by atoms with E-state index in [1.807, 2.05) is 30.0 Å². The molecular weight excluding hydrogens is 290 g/mol. The van der Waals surface area contributed by atoms with Crippen molar-refractivity contribution in [3.05, 3.63) is 35.1 Å². The maximum atomic E-state index is 6.14. The molecule has 0 N–H and O–H groups in total. The van der Waals surface area contributed by atoms with E-state index in [0.717, 1.165) is 33.4 Å². The summed E-state index contributed by atoms with van der Waals surface area (Å²) in [5.74, 6) is 3.72. The third kappa shape index (κ3) is 2.59. The highest BCUT2D eigenvalue weighted by molar-refractivity contribution is 7.99. The van der Waals surface area contributed by atoms with Crippen molar-refractivity contribution in [2.24, 2.45) is 5.92 Å². The number of thioether (sulfide) groups is 1. The third-order valence-corrected chi connectivity index (χ3v) is 5.21. The first-order chi connectivity index (χ1) is 9.81. The number of aromatic nitrogens is 3. The minimum Gasteiger partial charge on any atom is -0.274 e. The molecule has 2 saturated carbocycles. The highest BCUT2D eigenvalue weighted by Crippen LogP contribution is 2.42. The lowest BCUT2D eigenvalue weighted by Crippen LogP contribution is -2.02. The quantitative estimate of drug-likeness (QED) is 0.772. The molecule has 2 aliphatic rings. The molecule has 0 radical (unpaired) electrons. The summed E-state index contributed by atoms with van der Waals surface area (Å²) in [6.45, 7) is 0. The zero-order valence-corrected chi connectivity index (χ0v) is 12.7. The van der Waals surface area contributed by atoms with Crippen LogP contribution in [0.3, 0.4) is 0 Å². The van der Waals surface area contributed by atoms with Gasteiger partial charge in [0.1, 0.15) is 5.82 Å². The summed E-state index contributed by atoms with van der Waals surface area (Å²) < 4.78 is 2.20. The summed E-state index contributed by atoms with van der Waals surface area (Å²) in [5.41, 5.74) is 1.09. The van der Waals surface area contributed by atoms with Gasteiger partial charge in [-0.1, -0.05) is 29.4 Å². The van der Waals surface area contributed by atoms with Gasteiger partial charge in [0, 0.05) is 16.7 Å². The lowest BCUT2D eigenvalue weighted by atomic mass is 10.3. The number of hydrogen-bond acceptors (Lipinski definition) is 3. The van der Waals surface area contributed by atoms with E-state index < -0.39 is 0 Å². The lowest BCUT2D eigenvalue weighted by molar-refractivity contribution is 0.827. The number of hydrogen-bond donors (Lipinski definition) is 0. The largest absolute Gasteiger partial charge is 0.274 e. The zero-order chi connectivity index (χ0) is 13.5. The van der Waals surface area contributed by atoms with E-state index in [1.165, 1.54) is 25.7 Å². The van der Waals surface area contributed by atoms with Crippen LogP contribution in [0.15, 0.2) is 29.4 Å². The van der Waals surface area contributed by atoms with Crippen LogP contribution in [-0.2, 0) is 0 Å². The Balaban J connectivity index is 1.71. The molecule has 3 nitrogen and oxygen atoms in total. The van der Waals surface area contributed by atoms with Gasteiger partial charge in [0.15, 0.2) is 5.16 Å². The number of rotatable bonds is 5. The van der Waals surface area contributed by atoms with Crippen molar-refractivity contribution in [3.8, 4) is 5.69 Å². The summed E-state index contributed by atoms with van der Waals surface area (Å²) in [4.78, 5) is 0. The minimum absolute atomic E-state index is 0.580. The van der Waals surface area contributed by atoms with Crippen LogP contribution < -0.4 is 0 Å². The van der Waals surface area contributed by atoms with Crippen LogP contribution in [0.25, 0.3) is 5.69 Å². The van der Waals surface area contributed by atoms with Crippen LogP contribution in [0.5, 0.6) is 0 Å². The molecule has 0 bridgehead atoms. The summed E-state index contributed by atoms with van der Waals surface area (Å²) in [6, 6.07) is 7.98. The van der Waals surface area contributed by atoms with E-state index in [1.54, 1.807) is 0 Å². The number of benzene rings is 1. The van der Waals surface area contributed by atoms with Crippen molar-refractivity contribution >= 4 is 23.4 Å². The molecule has 0 saturated heterocycles. The Bertz CT molecular complexity index is 632. The fraction of sp³-hybridized carbons (Fsp3) is 0.467. The Morgan fingerprint density at radius 1 is 1.20 bits per heavy atom. The molecule has 0 unspecified atom stereocenters. The normalized spacial score (nSPS) is 18.4. The molecule has 1 heterocycles. The van der Waals surface area contributed by atoms with E-state index in [9.17, 15) is 0 Å². The van der Waals surface area contributed by atoms with Crippen molar-refractivity contribution in [2.75, 3.05) is 5.75 Å². The summed E-state index contributed by atoms with van der Waals surface area (Å²) in [7, 11) is 0. The van der Waals surface area contributed by atoms with Crippen LogP contribution in [0.2, 0.25) is 5.02 Å². The van der Waals surface area contributed by atoms with Gasteiger partial charge in [-0.15, -0.1) is 10.2 Å². The molecular formula is C15H16ClN3S. The standard InChI is InChI=1S/C15H16ClN3S/c16-12-2-1-3-13(8-12)19-14(11-6-7-11)17-18-15(19)20-9-10-4-5-10/h1-3,8,10-11H,4-7,9H2. The first-order valence-electron chi connectivity index (χ1n) is 7.15. The second-order valence-corrected chi connectivity index (χ2v) is 7.11. The highest BCUT2D eigenvalue weighted by Gasteiger charge is 2.31. The first kappa shape index (κ1) is 12.7. The van der Waals surface area contributed by atoms with Crippen LogP contribution in [0, 0.1) is 5.92 Å². The van der Waals surface area contributed by atoms with Crippen LogP contribution >= 0.6 is 23.4 Å². The summed E-state index contributed by atoms with van der Waals surface area (Å²) in [6.07, 6.45) is 5.19. The van der Waals surface area contributed by atoms with Crippen molar-refractivity contribution in [3.63, 3.8) is 0 Å². The van der Waals surface area contributed by atoms with Gasteiger partial charge in [0.2, 0.25) is 0 Å². The molecule has 20 heavy (non-hydrogen) atoms. The predicted molar refractivity (Wildman–Crippen MR) is 81.8 cm³/mol. The van der Waals surface area contributed by atoms with Crippen molar-refractivity contribution in [1.29, 1.82) is 0 Å². The molecule has 104 valence electrons. The summed E-state index contributed by atoms with van der Waals surface area (Å²) in [5, 5.41) is 10.6. The molecule has 2 aromatic rings. The Hall–Kier alpha value is -1.00. The molecule has 0 amide bonds. The van der Waals surface area contributed by atoms with Gasteiger partial charge < -0.3 is 0 Å². The van der Waals surface area contributed by atoms with Crippen LogP contribution in [0.4, 0.5) is 0 Å². The Labute approximate surface area is 127 Å². The number of nitrogens with zero attached hydrogens (tertiary/aromatic N) is 3. The number of halogens is 1. The van der Waals surface area contributed by atoms with Crippen molar-refractivity contribution < 1.29 is 0 Å². The zero-order valence-electron chi connectivity index (χ0n) is 11.1. The molecule has 2 fully saturated rings. The molecule has 1 aromatic heterocycles. The van der Waals surface area contributed by atoms with Gasteiger partial charge in [0.25, 0.3) is 0 Å². The summed E-state index contributed by atoms with van der Waals surface area (Å²) >= 11 is 7.97. The highest BCUT2D eigenvalue weighted by atomic mass is 35.5. The van der Waals surface area contributed by atoms with Crippen molar-refractivity contribution in [2.45, 2.75) is 36.8 Å². The maximum Gasteiger partial charge on any atom is 0.195 e. The first-order valence-corrected chi connectivity index (χ1v) is 8.51. The van der Waals surface area contributed by atoms with Gasteiger partial charge in [-0.2, -0.15) is 0 Å². The topological polar surface area (TPSA) is 30.7 Å². The second kappa shape index (κ2) is 5.08. The molecule has 4 rings (SSSR count). The average molecular weight is 306 g/mol. The van der Waals surface area contributed by atoms with E-state index in [0.29, 0.717) is 5.92 Å². The predicted octanol–water partition coefficient (Wildman–Crippen LogP) is 4.30. The molecule has 0 spiro atoms. The monoisotopic (exact) mass is 305 g/mol. The minimum atomic E-state index is 0.580. The van der Waals surface area contributed by atoms with Crippen LogP contribution in [-0.4, -0.2) is 20.5 Å². The molecule has 1 aromatic carbocycles. The van der Waals surface area contributed by atoms with E-state index >= 15 is 0 Å². The lowest BCUT2D eigenvalue weighted by Gasteiger charge is -2.10.